The first-order valence-electron chi connectivity index (χ1n) is 15.8. The average molecular weight is 639 g/mol. The highest BCUT2D eigenvalue weighted by molar-refractivity contribution is 6.25. The fraction of sp³-hybridized carbons (Fsp3) is 0.378. The molecule has 2 atom stereocenters. The number of esters is 3. The van der Waals surface area contributed by atoms with Crippen LogP contribution in [0.25, 0.3) is 39.3 Å². The third-order valence-electron chi connectivity index (χ3n) is 9.56. The van der Waals surface area contributed by atoms with Gasteiger partial charge in [-0.15, -0.1) is 0 Å². The van der Waals surface area contributed by atoms with Crippen molar-refractivity contribution in [2.24, 2.45) is 0 Å². The Morgan fingerprint density at radius 3 is 2.19 bits per heavy atom. The molecule has 2 aliphatic rings. The van der Waals surface area contributed by atoms with E-state index in [1.807, 2.05) is 26.0 Å². The maximum Gasteiger partial charge on any atom is 0.340 e. The van der Waals surface area contributed by atoms with Crippen molar-refractivity contribution in [2.75, 3.05) is 21.3 Å². The lowest BCUT2D eigenvalue weighted by molar-refractivity contribution is -0.141. The second-order valence-electron chi connectivity index (χ2n) is 12.0. The molecule has 0 aromatic carbocycles. The Morgan fingerprint density at radius 1 is 0.872 bits per heavy atom. The SMILES string of the molecule is C=Cc1c(C)c2cc3[nH]c(cc4nc(c(CC(=O)OC)c5nc(cc1[nH]2)C(C)=C5C(=O)OC)[C@@H](CCC(=O)OC)[C@@H]4C)c(C)c3CC. The summed E-state index contributed by atoms with van der Waals surface area (Å²) in [5.41, 5.74) is 11.3. The second-order valence-corrected chi connectivity index (χ2v) is 12.0. The molecule has 0 radical (unpaired) electrons. The number of methoxy groups -OCH3 is 3. The van der Waals surface area contributed by atoms with Gasteiger partial charge in [0.15, 0.2) is 0 Å². The lowest BCUT2D eigenvalue weighted by Crippen LogP contribution is -2.15. The lowest BCUT2D eigenvalue weighted by Gasteiger charge is -2.18. The van der Waals surface area contributed by atoms with Gasteiger partial charge in [0, 0.05) is 57.1 Å². The fourth-order valence-electron chi connectivity index (χ4n) is 6.78. The van der Waals surface area contributed by atoms with Gasteiger partial charge in [0.05, 0.1) is 50.4 Å². The lowest BCUT2D eigenvalue weighted by atomic mass is 9.84. The van der Waals surface area contributed by atoms with E-state index in [9.17, 15) is 14.4 Å². The summed E-state index contributed by atoms with van der Waals surface area (Å²) in [6.45, 7) is 14.2. The molecular weight excluding hydrogens is 596 g/mol. The van der Waals surface area contributed by atoms with Crippen LogP contribution in [0.15, 0.2) is 24.8 Å². The van der Waals surface area contributed by atoms with Gasteiger partial charge in [0.2, 0.25) is 0 Å². The van der Waals surface area contributed by atoms with Crippen molar-refractivity contribution >= 4 is 57.2 Å². The second kappa shape index (κ2) is 13.4. The van der Waals surface area contributed by atoms with E-state index in [1.54, 1.807) is 6.08 Å². The molecule has 0 spiro atoms. The number of nitrogens with zero attached hydrogens (tertiary/aromatic N) is 2. The molecule has 0 aliphatic carbocycles. The number of allylic oxidation sites excluding steroid dienone is 1. The topological polar surface area (TPSA) is 136 Å². The molecule has 10 heteroatoms. The largest absolute Gasteiger partial charge is 0.469 e. The smallest absolute Gasteiger partial charge is 0.340 e. The van der Waals surface area contributed by atoms with Gasteiger partial charge in [-0.25, -0.2) is 9.78 Å². The van der Waals surface area contributed by atoms with Crippen molar-refractivity contribution in [1.29, 1.82) is 0 Å². The van der Waals surface area contributed by atoms with E-state index < -0.39 is 11.9 Å². The van der Waals surface area contributed by atoms with Crippen molar-refractivity contribution < 1.29 is 28.6 Å². The molecule has 0 saturated heterocycles. The van der Waals surface area contributed by atoms with Gasteiger partial charge in [0.1, 0.15) is 0 Å². The Morgan fingerprint density at radius 2 is 1.55 bits per heavy atom. The van der Waals surface area contributed by atoms with Crippen molar-refractivity contribution in [3.05, 3.63) is 75.4 Å². The van der Waals surface area contributed by atoms with Gasteiger partial charge in [0.25, 0.3) is 0 Å². The van der Waals surface area contributed by atoms with Crippen LogP contribution in [0.3, 0.4) is 0 Å². The van der Waals surface area contributed by atoms with E-state index >= 15 is 0 Å². The molecule has 0 unspecified atom stereocenters. The van der Waals surface area contributed by atoms with Gasteiger partial charge in [-0.05, 0) is 74.1 Å². The zero-order chi connectivity index (χ0) is 34.2. The first-order chi connectivity index (χ1) is 22.5. The van der Waals surface area contributed by atoms with Gasteiger partial charge < -0.3 is 24.2 Å². The average Bonchev–Trinajstić information content (AvgIpc) is 3.74. The number of hydrogen-bond acceptors (Lipinski definition) is 8. The summed E-state index contributed by atoms with van der Waals surface area (Å²) >= 11 is 0. The standard InChI is InChI=1S/C37H42N4O6/c1-10-22-18(3)26-15-28-20(5)24(12-13-32(42)45-7)35(40-28)25(14-33(43)46-8)36-34(37(44)47-9)21(6)29(41-36)17-31-23(11-2)19(4)27(39-31)16-30(22)38-26/h11,15-17,20,24,38-39H,2,10,12-14H2,1,3-9H3/t20-,24-/m0/s1. The number of hydrogen-bond donors (Lipinski definition) is 2. The number of aromatic amines is 2. The summed E-state index contributed by atoms with van der Waals surface area (Å²) in [4.78, 5) is 56.1. The van der Waals surface area contributed by atoms with Crippen LogP contribution in [0.2, 0.25) is 0 Å². The molecule has 0 amide bonds. The molecule has 246 valence electrons. The summed E-state index contributed by atoms with van der Waals surface area (Å²) in [7, 11) is 3.99. The minimum Gasteiger partial charge on any atom is -0.469 e. The molecule has 8 bridgehead atoms. The Kier molecular flexibility index (Phi) is 9.51. The summed E-state index contributed by atoms with van der Waals surface area (Å²) in [6.07, 6.45) is 3.00. The van der Waals surface area contributed by atoms with Crippen LogP contribution >= 0.6 is 0 Å². The van der Waals surface area contributed by atoms with Crippen LogP contribution in [0.5, 0.6) is 0 Å². The van der Waals surface area contributed by atoms with Crippen molar-refractivity contribution in [2.45, 2.75) is 72.1 Å². The van der Waals surface area contributed by atoms with E-state index in [0.29, 0.717) is 34.6 Å². The van der Waals surface area contributed by atoms with Crippen LogP contribution in [-0.4, -0.2) is 59.2 Å². The van der Waals surface area contributed by atoms with Gasteiger partial charge in [-0.3, -0.25) is 14.6 Å². The quantitative estimate of drug-likeness (QED) is 0.203. The highest BCUT2D eigenvalue weighted by Crippen LogP contribution is 2.44. The Hall–Kier alpha value is -4.99. The predicted molar refractivity (Wildman–Crippen MR) is 183 cm³/mol. The Labute approximate surface area is 274 Å². The summed E-state index contributed by atoms with van der Waals surface area (Å²) < 4.78 is 15.3. The number of H-pyrrole nitrogens is 2. The van der Waals surface area contributed by atoms with E-state index in [0.717, 1.165) is 50.9 Å². The van der Waals surface area contributed by atoms with E-state index in [2.05, 4.69) is 43.4 Å². The van der Waals surface area contributed by atoms with Crippen molar-refractivity contribution in [3.63, 3.8) is 0 Å². The normalized spacial score (nSPS) is 15.8. The summed E-state index contributed by atoms with van der Waals surface area (Å²) in [5, 5.41) is 0. The maximum absolute atomic E-state index is 13.4. The number of ether oxygens (including phenoxy) is 3. The molecule has 2 aliphatic heterocycles. The molecule has 5 rings (SSSR count). The van der Waals surface area contributed by atoms with E-state index in [4.69, 9.17) is 24.2 Å². The number of aromatic nitrogens is 4. The van der Waals surface area contributed by atoms with Crippen molar-refractivity contribution in [3.8, 4) is 0 Å². The van der Waals surface area contributed by atoms with Gasteiger partial charge in [-0.1, -0.05) is 26.5 Å². The monoisotopic (exact) mass is 638 g/mol. The first-order valence-corrected chi connectivity index (χ1v) is 15.8. The number of carbonyl (C=O) groups is 3. The Bertz CT molecular complexity index is 2000. The van der Waals surface area contributed by atoms with Crippen LogP contribution in [0.1, 0.15) is 96.0 Å². The third-order valence-corrected chi connectivity index (χ3v) is 9.56. The first kappa shape index (κ1) is 33.4. The zero-order valence-corrected chi connectivity index (χ0v) is 28.3. The molecule has 3 aromatic heterocycles. The molecule has 10 nitrogen and oxygen atoms in total. The predicted octanol–water partition coefficient (Wildman–Crippen LogP) is 6.80. The number of rotatable bonds is 8. The highest BCUT2D eigenvalue weighted by atomic mass is 16.5. The molecule has 2 N–H and O–H groups in total. The van der Waals surface area contributed by atoms with Crippen LogP contribution in [-0.2, 0) is 41.4 Å². The van der Waals surface area contributed by atoms with Crippen LogP contribution in [0.4, 0.5) is 0 Å². The van der Waals surface area contributed by atoms with Crippen molar-refractivity contribution in [1.82, 2.24) is 19.9 Å². The third kappa shape index (κ3) is 6.00. The number of fused-ring (bicyclic) bond motifs is 8. The van der Waals surface area contributed by atoms with Gasteiger partial charge in [-0.2, -0.15) is 0 Å². The zero-order valence-electron chi connectivity index (χ0n) is 28.3. The minimum atomic E-state index is -0.583. The molecular formula is C37H42N4O6. The molecule has 3 aromatic rings. The molecule has 5 heterocycles. The number of aryl methyl sites for hydroxylation is 3. The fourth-order valence-corrected chi connectivity index (χ4v) is 6.78. The highest BCUT2D eigenvalue weighted by Gasteiger charge is 2.36. The summed E-state index contributed by atoms with van der Waals surface area (Å²) in [5.74, 6) is -1.85. The number of nitrogens with one attached hydrogen (secondary N) is 2. The maximum atomic E-state index is 13.4. The molecule has 0 fully saturated rings. The van der Waals surface area contributed by atoms with Crippen LogP contribution in [0, 0.1) is 13.8 Å². The Balaban J connectivity index is 2.02. The summed E-state index contributed by atoms with van der Waals surface area (Å²) in [6, 6.07) is 6.05. The minimum absolute atomic E-state index is 0.134. The molecule has 47 heavy (non-hydrogen) atoms. The number of carbonyl (C=O) groups excluding carboxylic acids is 3. The van der Waals surface area contributed by atoms with Gasteiger partial charge >= 0.3 is 17.9 Å². The molecule has 0 saturated carbocycles. The van der Waals surface area contributed by atoms with E-state index in [-0.39, 0.29) is 36.2 Å². The van der Waals surface area contributed by atoms with Crippen LogP contribution < -0.4 is 0 Å². The van der Waals surface area contributed by atoms with E-state index in [1.165, 1.54) is 26.9 Å².